The second kappa shape index (κ2) is 5.66. The van der Waals surface area contributed by atoms with Crippen LogP contribution in [0.1, 0.15) is 5.56 Å². The van der Waals surface area contributed by atoms with Gasteiger partial charge in [-0.2, -0.15) is 0 Å². The number of benzene rings is 2. The van der Waals surface area contributed by atoms with Gasteiger partial charge in [-0.05, 0) is 55.6 Å². The van der Waals surface area contributed by atoms with Gasteiger partial charge in [-0.3, -0.25) is 0 Å². The predicted octanol–water partition coefficient (Wildman–Crippen LogP) is 4.18. The fourth-order valence-corrected chi connectivity index (χ4v) is 3.69. The lowest BCUT2D eigenvalue weighted by atomic mass is 10.1. The van der Waals surface area contributed by atoms with Crippen LogP contribution in [0.15, 0.2) is 45.3 Å². The highest BCUT2D eigenvalue weighted by Crippen LogP contribution is 2.36. The summed E-state index contributed by atoms with van der Waals surface area (Å²) in [6.45, 7) is 0.496. The molecule has 0 saturated carbocycles. The van der Waals surface area contributed by atoms with Gasteiger partial charge in [0.25, 0.3) is 0 Å². The van der Waals surface area contributed by atoms with Crippen LogP contribution in [0.3, 0.4) is 0 Å². The molecule has 1 heterocycles. The quantitative estimate of drug-likeness (QED) is 0.789. The molecule has 2 aromatic rings. The Balaban J connectivity index is 1.67. The minimum absolute atomic E-state index is 0.0451. The lowest BCUT2D eigenvalue weighted by molar-refractivity contribution is 0.147. The van der Waals surface area contributed by atoms with E-state index in [1.807, 2.05) is 30.3 Å². The van der Waals surface area contributed by atoms with E-state index in [9.17, 15) is 0 Å². The molecule has 3 nitrogen and oxygen atoms in total. The van der Waals surface area contributed by atoms with Crippen LogP contribution in [0.4, 0.5) is 5.69 Å². The van der Waals surface area contributed by atoms with Gasteiger partial charge >= 0.3 is 0 Å². The number of hydrogen-bond acceptors (Lipinski definition) is 3. The Morgan fingerprint density at radius 2 is 1.90 bits per heavy atom. The van der Waals surface area contributed by atoms with Crippen LogP contribution in [0.5, 0.6) is 11.5 Å². The Hall–Kier alpha value is -1.20. The molecule has 3 rings (SSSR count). The zero-order chi connectivity index (χ0) is 14.1. The molecule has 5 heteroatoms. The molecule has 0 radical (unpaired) electrons. The number of para-hydroxylation sites is 1. The van der Waals surface area contributed by atoms with E-state index in [0.29, 0.717) is 12.3 Å². The second-order valence-corrected chi connectivity index (χ2v) is 6.39. The number of halogens is 2. The average molecular weight is 399 g/mol. The molecule has 0 aliphatic carbocycles. The van der Waals surface area contributed by atoms with Crippen molar-refractivity contribution in [2.75, 3.05) is 12.3 Å². The van der Waals surface area contributed by atoms with Gasteiger partial charge < -0.3 is 15.2 Å². The number of rotatable bonds is 3. The van der Waals surface area contributed by atoms with Crippen molar-refractivity contribution in [1.29, 1.82) is 0 Å². The van der Waals surface area contributed by atoms with Crippen LogP contribution in [-0.2, 0) is 6.42 Å². The van der Waals surface area contributed by atoms with Gasteiger partial charge in [0.1, 0.15) is 24.2 Å². The normalized spacial score (nSPS) is 16.6. The summed E-state index contributed by atoms with van der Waals surface area (Å²) in [6, 6.07) is 11.7. The zero-order valence-electron chi connectivity index (χ0n) is 10.6. The first-order valence-corrected chi connectivity index (χ1v) is 7.84. The maximum Gasteiger partial charge on any atom is 0.147 e. The topological polar surface area (TPSA) is 44.5 Å². The predicted molar refractivity (Wildman–Crippen MR) is 86.3 cm³/mol. The standard InChI is InChI=1S/C15H13Br2NO2/c16-12-6-10(18)7-13(17)15(12)19-8-11-5-9-3-1-2-4-14(9)20-11/h1-4,6-7,11H,5,8,18H2. The molecule has 0 spiro atoms. The highest BCUT2D eigenvalue weighted by Gasteiger charge is 2.23. The summed E-state index contributed by atoms with van der Waals surface area (Å²) < 4.78 is 13.4. The van der Waals surface area contributed by atoms with E-state index >= 15 is 0 Å². The van der Waals surface area contributed by atoms with Crippen LogP contribution < -0.4 is 15.2 Å². The first-order valence-electron chi connectivity index (χ1n) is 6.25. The summed E-state index contributed by atoms with van der Waals surface area (Å²) in [6.07, 6.45) is 0.921. The average Bonchev–Trinajstić information content (AvgIpc) is 2.80. The highest BCUT2D eigenvalue weighted by atomic mass is 79.9. The van der Waals surface area contributed by atoms with E-state index in [-0.39, 0.29) is 6.10 Å². The summed E-state index contributed by atoms with van der Waals surface area (Å²) >= 11 is 6.92. The maximum absolute atomic E-state index is 5.86. The van der Waals surface area contributed by atoms with Crippen molar-refractivity contribution in [3.8, 4) is 11.5 Å². The van der Waals surface area contributed by atoms with Crippen molar-refractivity contribution < 1.29 is 9.47 Å². The van der Waals surface area contributed by atoms with Gasteiger partial charge in [0.05, 0.1) is 8.95 Å². The largest absolute Gasteiger partial charge is 0.487 e. The van der Waals surface area contributed by atoms with E-state index in [0.717, 1.165) is 26.9 Å². The summed E-state index contributed by atoms with van der Waals surface area (Å²) in [4.78, 5) is 0. The van der Waals surface area contributed by atoms with Crippen LogP contribution in [0, 0.1) is 0 Å². The number of fused-ring (bicyclic) bond motifs is 1. The molecule has 1 aliphatic rings. The maximum atomic E-state index is 5.86. The van der Waals surface area contributed by atoms with Gasteiger partial charge in [-0.15, -0.1) is 0 Å². The van der Waals surface area contributed by atoms with Gasteiger partial charge in [0.2, 0.25) is 0 Å². The van der Waals surface area contributed by atoms with E-state index in [1.54, 1.807) is 0 Å². The number of nitrogens with two attached hydrogens (primary N) is 1. The van der Waals surface area contributed by atoms with Crippen molar-refractivity contribution in [1.82, 2.24) is 0 Å². The molecule has 1 aliphatic heterocycles. The molecule has 0 fully saturated rings. The summed E-state index contributed by atoms with van der Waals surface area (Å²) in [5, 5.41) is 0. The summed E-state index contributed by atoms with van der Waals surface area (Å²) in [5.74, 6) is 1.70. The van der Waals surface area contributed by atoms with E-state index in [2.05, 4.69) is 37.9 Å². The van der Waals surface area contributed by atoms with Crippen LogP contribution in [0.25, 0.3) is 0 Å². The van der Waals surface area contributed by atoms with Crippen molar-refractivity contribution in [3.05, 3.63) is 50.9 Å². The molecule has 0 bridgehead atoms. The lowest BCUT2D eigenvalue weighted by Crippen LogP contribution is -2.22. The number of nitrogen functional groups attached to an aromatic ring is 1. The molecule has 0 saturated heterocycles. The van der Waals surface area contributed by atoms with E-state index < -0.39 is 0 Å². The van der Waals surface area contributed by atoms with Crippen LogP contribution >= 0.6 is 31.9 Å². The molecular formula is C15H13Br2NO2. The Morgan fingerprint density at radius 3 is 2.60 bits per heavy atom. The van der Waals surface area contributed by atoms with E-state index in [1.165, 1.54) is 5.56 Å². The third-order valence-electron chi connectivity index (χ3n) is 3.15. The Kier molecular flexibility index (Phi) is 3.89. The summed E-state index contributed by atoms with van der Waals surface area (Å²) in [5.41, 5.74) is 7.68. The van der Waals surface area contributed by atoms with Crippen molar-refractivity contribution in [2.45, 2.75) is 12.5 Å². The molecule has 1 atom stereocenters. The monoisotopic (exact) mass is 397 g/mol. The molecule has 2 N–H and O–H groups in total. The van der Waals surface area contributed by atoms with Gasteiger partial charge in [0.15, 0.2) is 0 Å². The fraction of sp³-hybridized carbons (Fsp3) is 0.200. The van der Waals surface area contributed by atoms with Crippen molar-refractivity contribution >= 4 is 37.5 Å². The Morgan fingerprint density at radius 1 is 1.20 bits per heavy atom. The third kappa shape index (κ3) is 2.79. The molecular weight excluding hydrogens is 386 g/mol. The molecule has 1 unspecified atom stereocenters. The second-order valence-electron chi connectivity index (χ2n) is 4.68. The minimum Gasteiger partial charge on any atom is -0.487 e. The van der Waals surface area contributed by atoms with E-state index in [4.69, 9.17) is 15.2 Å². The first-order chi connectivity index (χ1) is 9.63. The first kappa shape index (κ1) is 13.8. The number of ether oxygens (including phenoxy) is 2. The minimum atomic E-state index is 0.0451. The molecule has 0 amide bonds. The molecule has 2 aromatic carbocycles. The van der Waals surface area contributed by atoms with Gasteiger partial charge in [-0.1, -0.05) is 18.2 Å². The highest BCUT2D eigenvalue weighted by molar-refractivity contribution is 9.11. The molecule has 104 valence electrons. The molecule has 0 aromatic heterocycles. The van der Waals surface area contributed by atoms with Crippen molar-refractivity contribution in [2.24, 2.45) is 0 Å². The Bertz CT molecular complexity index is 598. The third-order valence-corrected chi connectivity index (χ3v) is 4.33. The number of hydrogen-bond donors (Lipinski definition) is 1. The van der Waals surface area contributed by atoms with Crippen LogP contribution in [-0.4, -0.2) is 12.7 Å². The van der Waals surface area contributed by atoms with Crippen molar-refractivity contribution in [3.63, 3.8) is 0 Å². The lowest BCUT2D eigenvalue weighted by Gasteiger charge is -2.15. The smallest absolute Gasteiger partial charge is 0.147 e. The Labute approximate surface area is 134 Å². The van der Waals surface area contributed by atoms with Gasteiger partial charge in [0, 0.05) is 12.1 Å². The summed E-state index contributed by atoms with van der Waals surface area (Å²) in [7, 11) is 0. The molecule has 20 heavy (non-hydrogen) atoms. The fourth-order valence-electron chi connectivity index (χ4n) is 2.24. The zero-order valence-corrected chi connectivity index (χ0v) is 13.8. The number of anilines is 1. The SMILES string of the molecule is Nc1cc(Br)c(OCC2Cc3ccccc3O2)c(Br)c1. The van der Waals surface area contributed by atoms with Gasteiger partial charge in [-0.25, -0.2) is 0 Å². The van der Waals surface area contributed by atoms with Crippen LogP contribution in [0.2, 0.25) is 0 Å².